The van der Waals surface area contributed by atoms with Crippen LogP contribution in [-0.4, -0.2) is 23.9 Å². The molecule has 13 heavy (non-hydrogen) atoms. The highest BCUT2D eigenvalue weighted by atomic mass is 127. The summed E-state index contributed by atoms with van der Waals surface area (Å²) in [5.74, 6) is 0. The third kappa shape index (κ3) is 4.98. The maximum absolute atomic E-state index is 5.60. The van der Waals surface area contributed by atoms with Gasteiger partial charge in [0.15, 0.2) is 6.29 Å². The predicted octanol–water partition coefficient (Wildman–Crippen LogP) is 2.91. The number of rotatable bonds is 4. The van der Waals surface area contributed by atoms with Gasteiger partial charge in [-0.05, 0) is 26.2 Å². The Hall–Kier alpha value is 0.390. The minimum absolute atomic E-state index is 0.0475. The highest BCUT2D eigenvalue weighted by molar-refractivity contribution is 14.1. The molecule has 0 radical (unpaired) electrons. The molecule has 0 saturated carbocycles. The van der Waals surface area contributed by atoms with Gasteiger partial charge in [-0.2, -0.15) is 0 Å². The van der Waals surface area contributed by atoms with Gasteiger partial charge in [0.1, 0.15) is 0 Å². The van der Waals surface area contributed by atoms with Crippen LogP contribution in [-0.2, 0) is 9.47 Å². The van der Waals surface area contributed by atoms with Crippen molar-refractivity contribution in [1.29, 1.82) is 0 Å². The molecule has 0 aliphatic carbocycles. The van der Waals surface area contributed by atoms with E-state index in [9.17, 15) is 0 Å². The van der Waals surface area contributed by atoms with E-state index < -0.39 is 0 Å². The molecule has 1 aliphatic heterocycles. The van der Waals surface area contributed by atoms with Gasteiger partial charge in [-0.1, -0.05) is 34.2 Å². The van der Waals surface area contributed by atoms with Crippen LogP contribution >= 0.6 is 22.6 Å². The maximum Gasteiger partial charge on any atom is 0.158 e. The van der Waals surface area contributed by atoms with Crippen molar-refractivity contribution in [1.82, 2.24) is 0 Å². The molecular formula is C10H17IO2. The Morgan fingerprint density at radius 2 is 2.46 bits per heavy atom. The first-order valence-corrected chi connectivity index (χ1v) is 6.30. The van der Waals surface area contributed by atoms with Crippen molar-refractivity contribution in [3.8, 4) is 0 Å². The van der Waals surface area contributed by atoms with E-state index in [1.165, 1.54) is 18.4 Å². The van der Waals surface area contributed by atoms with Gasteiger partial charge in [0, 0.05) is 11.0 Å². The summed E-state index contributed by atoms with van der Waals surface area (Å²) in [5, 5.41) is 0. The molecule has 0 spiro atoms. The van der Waals surface area contributed by atoms with Gasteiger partial charge in [0.25, 0.3) is 0 Å². The van der Waals surface area contributed by atoms with Gasteiger partial charge in [-0.25, -0.2) is 0 Å². The number of halogens is 1. The van der Waals surface area contributed by atoms with E-state index in [1.807, 2.05) is 0 Å². The van der Waals surface area contributed by atoms with Crippen molar-refractivity contribution in [2.75, 3.05) is 17.6 Å². The molecule has 1 rings (SSSR count). The summed E-state index contributed by atoms with van der Waals surface area (Å²) >= 11 is 2.33. The van der Waals surface area contributed by atoms with E-state index in [0.717, 1.165) is 17.5 Å². The number of hydrogen-bond acceptors (Lipinski definition) is 2. The van der Waals surface area contributed by atoms with E-state index in [1.54, 1.807) is 0 Å². The first-order valence-electron chi connectivity index (χ1n) is 4.77. The molecule has 0 aromatic carbocycles. The zero-order chi connectivity index (χ0) is 9.52. The lowest BCUT2D eigenvalue weighted by molar-refractivity contribution is -0.156. The van der Waals surface area contributed by atoms with Crippen LogP contribution in [0.2, 0.25) is 0 Å². The second-order valence-electron chi connectivity index (χ2n) is 3.31. The molecule has 1 atom stereocenters. The van der Waals surface area contributed by atoms with Gasteiger partial charge in [-0.3, -0.25) is 0 Å². The van der Waals surface area contributed by atoms with Crippen molar-refractivity contribution in [2.24, 2.45) is 0 Å². The number of allylic oxidation sites excluding steroid dienone is 1. The van der Waals surface area contributed by atoms with Gasteiger partial charge < -0.3 is 9.47 Å². The maximum atomic E-state index is 5.60. The van der Waals surface area contributed by atoms with Gasteiger partial charge in [-0.15, -0.1) is 0 Å². The second kappa shape index (κ2) is 6.79. The zero-order valence-electron chi connectivity index (χ0n) is 8.09. The quantitative estimate of drug-likeness (QED) is 0.451. The average molecular weight is 296 g/mol. The lowest BCUT2D eigenvalue weighted by Gasteiger charge is -2.22. The molecule has 1 unspecified atom stereocenters. The van der Waals surface area contributed by atoms with Gasteiger partial charge >= 0.3 is 0 Å². The fraction of sp³-hybridized carbons (Fsp3) is 0.800. The molecule has 1 aliphatic rings. The van der Waals surface area contributed by atoms with Gasteiger partial charge in [0.2, 0.25) is 0 Å². The largest absolute Gasteiger partial charge is 0.353 e. The summed E-state index contributed by atoms with van der Waals surface area (Å²) in [6.45, 7) is 3.68. The topological polar surface area (TPSA) is 18.5 Å². The number of alkyl halides is 1. The Labute approximate surface area is 93.8 Å². The molecular weight excluding hydrogens is 279 g/mol. The first kappa shape index (κ1) is 11.5. The summed E-state index contributed by atoms with van der Waals surface area (Å²) in [4.78, 5) is 0. The number of hydrogen-bond donors (Lipinski definition) is 0. The van der Waals surface area contributed by atoms with Crippen LogP contribution in [0.1, 0.15) is 26.2 Å². The minimum Gasteiger partial charge on any atom is -0.353 e. The average Bonchev–Trinajstić information content (AvgIpc) is 2.17. The molecule has 0 N–H and O–H groups in total. The zero-order valence-corrected chi connectivity index (χ0v) is 10.2. The Bertz CT molecular complexity index is 162. The third-order valence-electron chi connectivity index (χ3n) is 2.06. The molecule has 0 aromatic rings. The summed E-state index contributed by atoms with van der Waals surface area (Å²) in [6.07, 6.45) is 5.70. The monoisotopic (exact) mass is 296 g/mol. The normalized spacial score (nSPS) is 24.8. The second-order valence-corrected chi connectivity index (χ2v) is 4.19. The lowest BCUT2D eigenvalue weighted by Crippen LogP contribution is -2.22. The van der Waals surface area contributed by atoms with Crippen molar-refractivity contribution in [3.05, 3.63) is 11.6 Å². The van der Waals surface area contributed by atoms with Crippen molar-refractivity contribution in [2.45, 2.75) is 32.5 Å². The van der Waals surface area contributed by atoms with Crippen molar-refractivity contribution < 1.29 is 9.47 Å². The van der Waals surface area contributed by atoms with Crippen LogP contribution in [0.3, 0.4) is 0 Å². The minimum atomic E-state index is 0.0475. The molecule has 76 valence electrons. The highest BCUT2D eigenvalue weighted by Crippen LogP contribution is 2.14. The summed E-state index contributed by atoms with van der Waals surface area (Å²) in [7, 11) is 0. The van der Waals surface area contributed by atoms with Crippen LogP contribution in [0.4, 0.5) is 0 Å². The van der Waals surface area contributed by atoms with E-state index in [2.05, 4.69) is 35.6 Å². The van der Waals surface area contributed by atoms with Crippen LogP contribution in [0.25, 0.3) is 0 Å². The summed E-state index contributed by atoms with van der Waals surface area (Å²) in [6, 6.07) is 0. The molecule has 0 bridgehead atoms. The fourth-order valence-electron chi connectivity index (χ4n) is 1.26. The standard InChI is InChI=1S/C10H17IO2/c1-9(5-6-11)8-13-10-4-2-3-7-12-10/h5,10H,2-4,6-8H2,1H3/b9-5-. The van der Waals surface area contributed by atoms with E-state index in [0.29, 0.717) is 6.61 Å². The molecule has 1 fully saturated rings. The van der Waals surface area contributed by atoms with Crippen LogP contribution < -0.4 is 0 Å². The molecule has 3 heteroatoms. The Morgan fingerprint density at radius 1 is 1.62 bits per heavy atom. The van der Waals surface area contributed by atoms with E-state index in [4.69, 9.17) is 9.47 Å². The molecule has 0 aromatic heterocycles. The molecule has 2 nitrogen and oxygen atoms in total. The highest BCUT2D eigenvalue weighted by Gasteiger charge is 2.13. The first-order chi connectivity index (χ1) is 6.33. The van der Waals surface area contributed by atoms with Crippen LogP contribution in [0.15, 0.2) is 11.6 Å². The lowest BCUT2D eigenvalue weighted by atomic mass is 10.2. The Kier molecular flexibility index (Phi) is 5.98. The Morgan fingerprint density at radius 3 is 3.08 bits per heavy atom. The Balaban J connectivity index is 2.13. The van der Waals surface area contributed by atoms with Crippen molar-refractivity contribution in [3.63, 3.8) is 0 Å². The van der Waals surface area contributed by atoms with E-state index >= 15 is 0 Å². The summed E-state index contributed by atoms with van der Waals surface area (Å²) in [5.41, 5.74) is 1.29. The van der Waals surface area contributed by atoms with Crippen LogP contribution in [0.5, 0.6) is 0 Å². The molecule has 1 saturated heterocycles. The predicted molar refractivity (Wildman–Crippen MR) is 62.2 cm³/mol. The SMILES string of the molecule is C/C(=C/CI)COC1CCCCO1. The third-order valence-corrected chi connectivity index (χ3v) is 2.50. The fourth-order valence-corrected chi connectivity index (χ4v) is 2.01. The smallest absolute Gasteiger partial charge is 0.158 e. The summed E-state index contributed by atoms with van der Waals surface area (Å²) < 4.78 is 12.1. The van der Waals surface area contributed by atoms with Gasteiger partial charge in [0.05, 0.1) is 6.61 Å². The van der Waals surface area contributed by atoms with Crippen molar-refractivity contribution >= 4 is 22.6 Å². The van der Waals surface area contributed by atoms with Crippen LogP contribution in [0, 0.1) is 0 Å². The molecule has 0 amide bonds. The molecule has 1 heterocycles. The number of ether oxygens (including phenoxy) is 2. The van der Waals surface area contributed by atoms with E-state index in [-0.39, 0.29) is 6.29 Å².